The van der Waals surface area contributed by atoms with Crippen LogP contribution in [0.15, 0.2) is 48.5 Å². The van der Waals surface area contributed by atoms with E-state index in [0.29, 0.717) is 11.8 Å². The summed E-state index contributed by atoms with van der Waals surface area (Å²) in [5, 5.41) is 0. The van der Waals surface area contributed by atoms with Crippen LogP contribution in [0.25, 0.3) is 12.2 Å². The van der Waals surface area contributed by atoms with Crippen molar-refractivity contribution >= 4 is 12.2 Å². The predicted molar refractivity (Wildman–Crippen MR) is 104 cm³/mol. The molecule has 27 heavy (non-hydrogen) atoms. The van der Waals surface area contributed by atoms with E-state index in [-0.39, 0.29) is 50.7 Å². The number of benzene rings is 2. The van der Waals surface area contributed by atoms with Gasteiger partial charge < -0.3 is 24.8 Å². The third kappa shape index (κ3) is 6.73. The molecular formula is C24H26Cl2Hf. The normalized spacial score (nSPS) is 17.4. The smallest absolute Gasteiger partial charge is 1.00 e. The molecule has 140 valence electrons. The molecule has 2 aromatic rings. The first-order valence-corrected chi connectivity index (χ1v) is 9.19. The van der Waals surface area contributed by atoms with E-state index < -0.39 is 0 Å². The number of hydrogen-bond donors (Lipinski definition) is 0. The third-order valence-corrected chi connectivity index (χ3v) is 4.78. The Labute approximate surface area is 196 Å². The Bertz CT molecular complexity index is 673. The number of rotatable bonds is 4. The van der Waals surface area contributed by atoms with Crippen LogP contribution in [-0.2, 0) is 25.8 Å². The van der Waals surface area contributed by atoms with Crippen molar-refractivity contribution in [2.24, 2.45) is 0 Å². The Hall–Kier alpha value is -0.630. The molecule has 2 atom stereocenters. The number of fused-ring (bicyclic) bond motifs is 2. The summed E-state index contributed by atoms with van der Waals surface area (Å²) >= 11 is 0. The average molecular weight is 564 g/mol. The molecule has 0 saturated heterocycles. The first-order valence-electron chi connectivity index (χ1n) is 9.19. The Morgan fingerprint density at radius 1 is 0.667 bits per heavy atom. The summed E-state index contributed by atoms with van der Waals surface area (Å²) in [4.78, 5) is 0. The summed E-state index contributed by atoms with van der Waals surface area (Å²) in [7, 11) is 0. The molecule has 0 bridgehead atoms. The van der Waals surface area contributed by atoms with Crippen molar-refractivity contribution in [1.82, 2.24) is 0 Å². The molecule has 2 unspecified atom stereocenters. The summed E-state index contributed by atoms with van der Waals surface area (Å²) in [6, 6.07) is 17.2. The first kappa shape index (κ1) is 26.4. The fourth-order valence-electron chi connectivity index (χ4n) is 3.53. The fraction of sp³-hybridized carbons (Fsp3) is 0.333. The summed E-state index contributed by atoms with van der Waals surface area (Å²) in [6.07, 6.45) is 16.0. The van der Waals surface area contributed by atoms with Crippen LogP contribution in [0.3, 0.4) is 0 Å². The van der Waals surface area contributed by atoms with Crippen molar-refractivity contribution in [3.05, 3.63) is 82.9 Å². The van der Waals surface area contributed by atoms with Gasteiger partial charge in [0.1, 0.15) is 0 Å². The Balaban J connectivity index is 0.000000451. The summed E-state index contributed by atoms with van der Waals surface area (Å²) in [5.74, 6) is 1.12. The zero-order chi connectivity index (χ0) is 16.8. The monoisotopic (exact) mass is 564 g/mol. The van der Waals surface area contributed by atoms with E-state index in [9.17, 15) is 0 Å². The molecule has 3 heteroatoms. The van der Waals surface area contributed by atoms with Crippen LogP contribution in [0.1, 0.15) is 73.6 Å². The quantitative estimate of drug-likeness (QED) is 0.382. The molecule has 0 aliphatic heterocycles. The number of hydrogen-bond acceptors (Lipinski definition) is 0. The van der Waals surface area contributed by atoms with E-state index in [0.717, 1.165) is 0 Å². The van der Waals surface area contributed by atoms with E-state index in [1.54, 1.807) is 0 Å². The Morgan fingerprint density at radius 2 is 1.04 bits per heavy atom. The second-order valence-corrected chi connectivity index (χ2v) is 6.56. The van der Waals surface area contributed by atoms with Crippen molar-refractivity contribution in [3.8, 4) is 0 Å². The van der Waals surface area contributed by atoms with Crippen LogP contribution in [-0.4, -0.2) is 0 Å². The van der Waals surface area contributed by atoms with Gasteiger partial charge in [0.25, 0.3) is 0 Å². The number of allylic oxidation sites excluding steroid dienone is 2. The molecule has 0 saturated carbocycles. The molecule has 0 spiro atoms. The minimum Gasteiger partial charge on any atom is -1.00 e. The molecule has 0 radical (unpaired) electrons. The van der Waals surface area contributed by atoms with Crippen molar-refractivity contribution < 1.29 is 50.7 Å². The third-order valence-electron chi connectivity index (χ3n) is 4.78. The molecule has 0 heterocycles. The van der Waals surface area contributed by atoms with Gasteiger partial charge in [-0.3, -0.25) is 12.2 Å². The van der Waals surface area contributed by atoms with Gasteiger partial charge in [-0.25, -0.2) is 12.2 Å². The summed E-state index contributed by atoms with van der Waals surface area (Å²) in [6.45, 7) is 4.45. The molecule has 0 N–H and O–H groups in total. The zero-order valence-corrected chi connectivity index (χ0v) is 21.1. The largest absolute Gasteiger partial charge is 4.00 e. The molecule has 0 aromatic heterocycles. The van der Waals surface area contributed by atoms with Crippen molar-refractivity contribution in [3.63, 3.8) is 0 Å². The van der Waals surface area contributed by atoms with Gasteiger partial charge in [0, 0.05) is 0 Å². The van der Waals surface area contributed by atoms with Crippen LogP contribution in [0.4, 0.5) is 0 Å². The molecule has 4 rings (SSSR count). The molecule has 0 fully saturated rings. The maximum absolute atomic E-state index is 3.40. The molecule has 0 nitrogen and oxygen atoms in total. The summed E-state index contributed by atoms with van der Waals surface area (Å²) < 4.78 is 0. The van der Waals surface area contributed by atoms with E-state index in [1.807, 2.05) is 0 Å². The zero-order valence-electron chi connectivity index (χ0n) is 16.0. The van der Waals surface area contributed by atoms with Gasteiger partial charge in [-0.05, 0) is 0 Å². The van der Waals surface area contributed by atoms with E-state index in [4.69, 9.17) is 0 Å². The van der Waals surface area contributed by atoms with Gasteiger partial charge >= 0.3 is 25.8 Å². The standard InChI is InChI=1S/2C12H13.2ClH.Hf/c2*1-2-5-10-8-9-11-6-3-4-7-12(10)11;;;/h2*3-4,6-7,9-10H,2,5H2,1H3;2*1H;/q2*-1;;;+4/p-2. The Morgan fingerprint density at radius 3 is 1.41 bits per heavy atom. The van der Waals surface area contributed by atoms with Gasteiger partial charge in [-0.15, -0.1) is 23.3 Å². The van der Waals surface area contributed by atoms with Gasteiger partial charge in [-0.2, -0.15) is 11.1 Å². The van der Waals surface area contributed by atoms with Crippen molar-refractivity contribution in [2.45, 2.75) is 51.4 Å². The molecule has 2 aromatic carbocycles. The van der Waals surface area contributed by atoms with Crippen LogP contribution < -0.4 is 24.8 Å². The van der Waals surface area contributed by atoms with Crippen LogP contribution >= 0.6 is 0 Å². The van der Waals surface area contributed by atoms with Crippen LogP contribution in [0.2, 0.25) is 0 Å². The van der Waals surface area contributed by atoms with Crippen molar-refractivity contribution in [2.75, 3.05) is 0 Å². The predicted octanol–water partition coefficient (Wildman–Crippen LogP) is 0.806. The van der Waals surface area contributed by atoms with Gasteiger partial charge in [-0.1, -0.05) is 87.8 Å². The summed E-state index contributed by atoms with van der Waals surface area (Å²) in [5.41, 5.74) is 5.63. The minimum absolute atomic E-state index is 0. The number of halogens is 2. The van der Waals surface area contributed by atoms with Crippen LogP contribution in [0.5, 0.6) is 0 Å². The molecule has 2 aliphatic rings. The minimum atomic E-state index is 0. The maximum atomic E-state index is 3.40. The van der Waals surface area contributed by atoms with E-state index >= 15 is 0 Å². The second kappa shape index (κ2) is 13.5. The molecule has 2 aliphatic carbocycles. The molecular weight excluding hydrogens is 538 g/mol. The van der Waals surface area contributed by atoms with E-state index in [1.165, 1.54) is 47.9 Å². The average Bonchev–Trinajstić information content (AvgIpc) is 3.22. The Kier molecular flexibility index (Phi) is 13.2. The van der Waals surface area contributed by atoms with Crippen LogP contribution in [0, 0.1) is 12.2 Å². The van der Waals surface area contributed by atoms with E-state index in [2.05, 4.69) is 86.7 Å². The van der Waals surface area contributed by atoms with Gasteiger partial charge in [0.05, 0.1) is 0 Å². The maximum Gasteiger partial charge on any atom is 4.00 e. The van der Waals surface area contributed by atoms with Crippen molar-refractivity contribution in [1.29, 1.82) is 0 Å². The molecule has 0 amide bonds. The SMILES string of the molecule is CCCC1[C-]=Cc2ccccc21.CCCC1[C-]=Cc2ccccc21.[Cl-].[Cl-].[Hf+4]. The topological polar surface area (TPSA) is 0 Å². The fourth-order valence-corrected chi connectivity index (χ4v) is 3.53. The second-order valence-electron chi connectivity index (χ2n) is 6.56. The first-order chi connectivity index (χ1) is 11.8. The van der Waals surface area contributed by atoms with Gasteiger partial charge in [0.15, 0.2) is 0 Å². The van der Waals surface area contributed by atoms with Gasteiger partial charge in [0.2, 0.25) is 0 Å².